The molecule has 0 bridgehead atoms. The zero-order valence-corrected chi connectivity index (χ0v) is 17.4. The van der Waals surface area contributed by atoms with Crippen LogP contribution in [0.4, 0.5) is 0 Å². The summed E-state index contributed by atoms with van der Waals surface area (Å²) in [7, 11) is 0. The van der Waals surface area contributed by atoms with Crippen molar-refractivity contribution in [1.29, 1.82) is 0 Å². The lowest BCUT2D eigenvalue weighted by Crippen LogP contribution is -2.46. The van der Waals surface area contributed by atoms with E-state index >= 15 is 0 Å². The van der Waals surface area contributed by atoms with Gasteiger partial charge in [-0.1, -0.05) is 46.5 Å². The van der Waals surface area contributed by atoms with Crippen molar-refractivity contribution in [3.05, 3.63) is 0 Å². The van der Waals surface area contributed by atoms with Crippen molar-refractivity contribution in [2.75, 3.05) is 52.4 Å². The number of hydrogen-bond donors (Lipinski definition) is 0. The highest BCUT2D eigenvalue weighted by atomic mass is 15.3. The first-order valence-electron chi connectivity index (χ1n) is 10.8. The van der Waals surface area contributed by atoms with Gasteiger partial charge in [0.05, 0.1) is 0 Å². The smallest absolute Gasteiger partial charge is 0.0110 e. The fourth-order valence-corrected chi connectivity index (χ4v) is 3.82. The summed E-state index contributed by atoms with van der Waals surface area (Å²) in [5.41, 5.74) is 0. The van der Waals surface area contributed by atoms with Crippen molar-refractivity contribution in [1.82, 2.24) is 14.7 Å². The summed E-state index contributed by atoms with van der Waals surface area (Å²) in [5.74, 6) is 0.889. The van der Waals surface area contributed by atoms with Crippen LogP contribution in [-0.4, -0.2) is 73.1 Å². The standard InChI is InChI=1S/C21H45N3/c1-6-22-16-18-23(19-17-22)14-11-9-8-10-12-21(5)13-15-24(7-2)20(3)4/h20-21H,6-19H2,1-5H3. The molecule has 1 fully saturated rings. The van der Waals surface area contributed by atoms with E-state index in [-0.39, 0.29) is 0 Å². The predicted octanol–water partition coefficient (Wildman–Crippen LogP) is 4.33. The van der Waals surface area contributed by atoms with E-state index in [1.54, 1.807) is 0 Å². The average Bonchev–Trinajstić information content (AvgIpc) is 2.58. The van der Waals surface area contributed by atoms with E-state index in [2.05, 4.69) is 49.3 Å². The molecule has 1 atom stereocenters. The lowest BCUT2D eigenvalue weighted by Gasteiger charge is -2.34. The molecule has 1 heterocycles. The molecular weight excluding hydrogens is 294 g/mol. The van der Waals surface area contributed by atoms with Crippen LogP contribution >= 0.6 is 0 Å². The maximum atomic E-state index is 2.67. The summed E-state index contributed by atoms with van der Waals surface area (Å²) in [6, 6.07) is 0.696. The lowest BCUT2D eigenvalue weighted by atomic mass is 9.99. The van der Waals surface area contributed by atoms with Crippen LogP contribution in [0.1, 0.15) is 73.1 Å². The number of rotatable bonds is 13. The quantitative estimate of drug-likeness (QED) is 0.462. The summed E-state index contributed by atoms with van der Waals surface area (Å²) >= 11 is 0. The predicted molar refractivity (Wildman–Crippen MR) is 108 cm³/mol. The zero-order valence-electron chi connectivity index (χ0n) is 17.4. The number of unbranched alkanes of at least 4 members (excludes halogenated alkanes) is 3. The van der Waals surface area contributed by atoms with Gasteiger partial charge in [0, 0.05) is 32.2 Å². The van der Waals surface area contributed by atoms with Crippen LogP contribution in [0.5, 0.6) is 0 Å². The van der Waals surface area contributed by atoms with Crippen LogP contribution in [0.15, 0.2) is 0 Å². The first-order valence-corrected chi connectivity index (χ1v) is 10.8. The molecule has 3 heteroatoms. The third-order valence-electron chi connectivity index (χ3n) is 5.88. The van der Waals surface area contributed by atoms with Crippen molar-refractivity contribution in [2.45, 2.75) is 79.2 Å². The zero-order chi connectivity index (χ0) is 17.8. The maximum Gasteiger partial charge on any atom is 0.0110 e. The minimum Gasteiger partial charge on any atom is -0.301 e. The Morgan fingerprint density at radius 1 is 0.792 bits per heavy atom. The van der Waals surface area contributed by atoms with E-state index < -0.39 is 0 Å². The van der Waals surface area contributed by atoms with Crippen molar-refractivity contribution < 1.29 is 0 Å². The third kappa shape index (κ3) is 9.39. The van der Waals surface area contributed by atoms with E-state index in [9.17, 15) is 0 Å². The third-order valence-corrected chi connectivity index (χ3v) is 5.88. The molecule has 0 amide bonds. The number of hydrogen-bond acceptors (Lipinski definition) is 3. The van der Waals surface area contributed by atoms with E-state index in [1.165, 1.54) is 90.9 Å². The molecule has 0 radical (unpaired) electrons. The van der Waals surface area contributed by atoms with Crippen LogP contribution in [0, 0.1) is 5.92 Å². The molecule has 0 aromatic carbocycles. The van der Waals surface area contributed by atoms with Crippen molar-refractivity contribution in [3.8, 4) is 0 Å². The van der Waals surface area contributed by atoms with Gasteiger partial charge in [0.1, 0.15) is 0 Å². The Kier molecular flexibility index (Phi) is 12.0. The van der Waals surface area contributed by atoms with Gasteiger partial charge in [0.2, 0.25) is 0 Å². The first kappa shape index (κ1) is 21.9. The van der Waals surface area contributed by atoms with E-state index in [4.69, 9.17) is 0 Å². The Labute approximate surface area is 152 Å². The fraction of sp³-hybridized carbons (Fsp3) is 1.00. The lowest BCUT2D eigenvalue weighted by molar-refractivity contribution is 0.135. The molecule has 1 saturated heterocycles. The summed E-state index contributed by atoms with van der Waals surface area (Å²) in [5, 5.41) is 0. The highest BCUT2D eigenvalue weighted by molar-refractivity contribution is 4.70. The molecule has 3 nitrogen and oxygen atoms in total. The highest BCUT2D eigenvalue weighted by Crippen LogP contribution is 2.15. The second-order valence-electron chi connectivity index (χ2n) is 8.09. The number of likely N-dealkylation sites (N-methyl/N-ethyl adjacent to an activating group) is 1. The molecule has 1 aliphatic heterocycles. The largest absolute Gasteiger partial charge is 0.301 e. The second-order valence-corrected chi connectivity index (χ2v) is 8.09. The number of nitrogens with zero attached hydrogens (tertiary/aromatic N) is 3. The molecule has 1 aliphatic rings. The average molecular weight is 340 g/mol. The minimum absolute atomic E-state index is 0.696. The normalized spacial score (nSPS) is 18.6. The molecule has 0 spiro atoms. The Morgan fingerprint density at radius 3 is 2.00 bits per heavy atom. The second kappa shape index (κ2) is 13.1. The molecule has 0 saturated carbocycles. The molecular formula is C21H45N3. The molecule has 144 valence electrons. The van der Waals surface area contributed by atoms with Gasteiger partial charge in [-0.15, -0.1) is 0 Å². The van der Waals surface area contributed by atoms with Crippen molar-refractivity contribution in [2.24, 2.45) is 5.92 Å². The minimum atomic E-state index is 0.696. The number of piperazine rings is 1. The SMILES string of the molecule is CCN1CCN(CCCCCCC(C)CCN(CC)C(C)C)CC1. The Morgan fingerprint density at radius 2 is 1.42 bits per heavy atom. The van der Waals surface area contributed by atoms with Gasteiger partial charge in [-0.2, -0.15) is 0 Å². The van der Waals surface area contributed by atoms with Gasteiger partial charge in [0.15, 0.2) is 0 Å². The van der Waals surface area contributed by atoms with Crippen LogP contribution in [0.25, 0.3) is 0 Å². The Balaban J connectivity index is 1.94. The molecule has 0 N–H and O–H groups in total. The summed E-state index contributed by atoms with van der Waals surface area (Å²) in [6.45, 7) is 21.8. The molecule has 1 unspecified atom stereocenters. The summed E-state index contributed by atoms with van der Waals surface area (Å²) in [4.78, 5) is 7.83. The maximum absolute atomic E-state index is 2.67. The molecule has 1 rings (SSSR count). The van der Waals surface area contributed by atoms with Crippen LogP contribution in [0.3, 0.4) is 0 Å². The van der Waals surface area contributed by atoms with Gasteiger partial charge in [-0.25, -0.2) is 0 Å². The van der Waals surface area contributed by atoms with E-state index in [0.29, 0.717) is 6.04 Å². The highest BCUT2D eigenvalue weighted by Gasteiger charge is 2.14. The molecule has 0 aromatic rings. The monoisotopic (exact) mass is 339 g/mol. The van der Waals surface area contributed by atoms with Gasteiger partial charge >= 0.3 is 0 Å². The van der Waals surface area contributed by atoms with Crippen LogP contribution < -0.4 is 0 Å². The van der Waals surface area contributed by atoms with Gasteiger partial charge < -0.3 is 14.7 Å². The first-order chi connectivity index (χ1) is 11.6. The van der Waals surface area contributed by atoms with Crippen molar-refractivity contribution in [3.63, 3.8) is 0 Å². The van der Waals surface area contributed by atoms with Crippen LogP contribution in [0.2, 0.25) is 0 Å². The van der Waals surface area contributed by atoms with Gasteiger partial charge in [-0.3, -0.25) is 0 Å². The van der Waals surface area contributed by atoms with Crippen molar-refractivity contribution >= 4 is 0 Å². The Hall–Kier alpha value is -0.120. The Bertz CT molecular complexity index is 285. The summed E-state index contributed by atoms with van der Waals surface area (Å²) in [6.07, 6.45) is 8.48. The van der Waals surface area contributed by atoms with E-state index in [1.807, 2.05) is 0 Å². The van der Waals surface area contributed by atoms with Crippen LogP contribution in [-0.2, 0) is 0 Å². The molecule has 24 heavy (non-hydrogen) atoms. The summed E-state index contributed by atoms with van der Waals surface area (Å²) < 4.78 is 0. The van der Waals surface area contributed by atoms with Gasteiger partial charge in [0.25, 0.3) is 0 Å². The van der Waals surface area contributed by atoms with E-state index in [0.717, 1.165) is 5.92 Å². The molecule has 0 aliphatic carbocycles. The fourth-order valence-electron chi connectivity index (χ4n) is 3.82. The topological polar surface area (TPSA) is 9.72 Å². The van der Waals surface area contributed by atoms with Gasteiger partial charge in [-0.05, 0) is 58.8 Å². The molecule has 0 aromatic heterocycles.